The Balaban J connectivity index is 2.16. The molecule has 25 heavy (non-hydrogen) atoms. The molecule has 0 radical (unpaired) electrons. The first-order valence-corrected chi connectivity index (χ1v) is 11.3. The van der Waals surface area contributed by atoms with E-state index in [0.717, 1.165) is 31.4 Å². The number of hydrogen-bond acceptors (Lipinski definition) is 4. The molecule has 144 valence electrons. The molecule has 0 aromatic rings. The van der Waals surface area contributed by atoms with Gasteiger partial charge < -0.3 is 9.84 Å². The van der Waals surface area contributed by atoms with Crippen LogP contribution in [-0.4, -0.2) is 42.2 Å². The van der Waals surface area contributed by atoms with Crippen LogP contribution in [0.4, 0.5) is 0 Å². The van der Waals surface area contributed by atoms with Crippen LogP contribution in [0.25, 0.3) is 0 Å². The van der Waals surface area contributed by atoms with E-state index < -0.39 is 11.5 Å². The molecule has 8 atom stereocenters. The molecule has 1 N–H and O–H groups in total. The number of aliphatic hydroxyl groups excluding tert-OH is 1. The summed E-state index contributed by atoms with van der Waals surface area (Å²) in [5.41, 5.74) is -0.607. The zero-order chi connectivity index (χ0) is 18.6. The van der Waals surface area contributed by atoms with Crippen LogP contribution in [-0.2, 0) is 9.53 Å². The first kappa shape index (κ1) is 19.7. The van der Waals surface area contributed by atoms with Gasteiger partial charge in [-0.05, 0) is 55.6 Å². The molecule has 0 unspecified atom stereocenters. The fourth-order valence-corrected chi connectivity index (χ4v) is 7.88. The van der Waals surface area contributed by atoms with E-state index in [1.807, 2.05) is 7.11 Å². The summed E-state index contributed by atoms with van der Waals surface area (Å²) in [6.07, 6.45) is 6.66. The van der Waals surface area contributed by atoms with E-state index in [4.69, 9.17) is 4.74 Å². The first-order valence-electron chi connectivity index (χ1n) is 9.91. The fourth-order valence-electron chi connectivity index (χ4n) is 6.98. The minimum absolute atomic E-state index is 0.0000874. The zero-order valence-electron chi connectivity index (χ0n) is 16.8. The van der Waals surface area contributed by atoms with Crippen LogP contribution in [0, 0.1) is 34.0 Å². The van der Waals surface area contributed by atoms with Crippen molar-refractivity contribution in [3.8, 4) is 0 Å². The fraction of sp³-hybridized carbons (Fsp3) is 0.952. The van der Waals surface area contributed by atoms with E-state index >= 15 is 0 Å². The van der Waals surface area contributed by atoms with Gasteiger partial charge in [-0.3, -0.25) is 4.79 Å². The molecule has 0 aliphatic heterocycles. The molecule has 0 amide bonds. The van der Waals surface area contributed by atoms with Crippen LogP contribution >= 0.6 is 11.8 Å². The quantitative estimate of drug-likeness (QED) is 0.812. The van der Waals surface area contributed by atoms with Crippen molar-refractivity contribution in [1.82, 2.24) is 0 Å². The minimum atomic E-state index is -0.448. The van der Waals surface area contributed by atoms with Crippen LogP contribution < -0.4 is 0 Å². The number of Topliss-reactive ketones (excluding diaryl/α,β-unsaturated/α-hetero) is 1. The highest BCUT2D eigenvalue weighted by molar-refractivity contribution is 7.98. The monoisotopic (exact) mass is 368 g/mol. The van der Waals surface area contributed by atoms with Gasteiger partial charge in [-0.2, -0.15) is 11.8 Å². The lowest BCUT2D eigenvalue weighted by Crippen LogP contribution is -2.62. The Kier molecular flexibility index (Phi) is 5.14. The van der Waals surface area contributed by atoms with Gasteiger partial charge in [0.05, 0.1) is 12.2 Å². The largest absolute Gasteiger partial charge is 0.393 e. The standard InChI is InChI=1S/C21H36O3S/c1-13-7-9-21-10-8-15(24-5)17(21)20(13,4)16(22)11-19(3,12-25-6)18(23)14(21)2/h13-17,22H,7-12H2,1-6H3/t13-,14+,15-,16-,17-,19+,20+,21+/m1/s1. The Morgan fingerprint density at radius 2 is 1.88 bits per heavy atom. The summed E-state index contributed by atoms with van der Waals surface area (Å²) in [5.74, 6) is 1.96. The van der Waals surface area contributed by atoms with E-state index in [9.17, 15) is 9.90 Å². The highest BCUT2D eigenvalue weighted by Crippen LogP contribution is 2.68. The number of hydrogen-bond donors (Lipinski definition) is 1. The van der Waals surface area contributed by atoms with E-state index in [1.54, 1.807) is 11.8 Å². The van der Waals surface area contributed by atoms with Crippen LogP contribution in [0.5, 0.6) is 0 Å². The zero-order valence-corrected chi connectivity index (χ0v) is 17.6. The number of methoxy groups -OCH3 is 1. The normalized spacial score (nSPS) is 53.2. The van der Waals surface area contributed by atoms with Crippen molar-refractivity contribution >= 4 is 17.5 Å². The van der Waals surface area contributed by atoms with Gasteiger partial charge in [0, 0.05) is 29.6 Å². The smallest absolute Gasteiger partial charge is 0.143 e. The molecule has 0 aromatic carbocycles. The Hall–Kier alpha value is -0.0600. The lowest BCUT2D eigenvalue weighted by Gasteiger charge is -2.61. The second kappa shape index (κ2) is 6.53. The Bertz CT molecular complexity index is 537. The predicted octanol–water partition coefficient (Wildman–Crippen LogP) is 4.17. The molecular formula is C21H36O3S. The average Bonchev–Trinajstić information content (AvgIpc) is 2.97. The molecule has 0 aromatic heterocycles. The Morgan fingerprint density at radius 3 is 2.48 bits per heavy atom. The first-order chi connectivity index (χ1) is 11.7. The molecule has 3 saturated carbocycles. The maximum absolute atomic E-state index is 13.6. The van der Waals surface area contributed by atoms with Crippen molar-refractivity contribution in [3.05, 3.63) is 0 Å². The Morgan fingerprint density at radius 1 is 1.24 bits per heavy atom. The molecule has 3 fully saturated rings. The van der Waals surface area contributed by atoms with E-state index in [-0.39, 0.29) is 28.8 Å². The molecule has 3 nitrogen and oxygen atoms in total. The number of ketones is 1. The van der Waals surface area contributed by atoms with Crippen LogP contribution in [0.15, 0.2) is 0 Å². The predicted molar refractivity (Wildman–Crippen MR) is 104 cm³/mol. The molecule has 4 heteroatoms. The van der Waals surface area contributed by atoms with Crippen molar-refractivity contribution in [3.63, 3.8) is 0 Å². The number of rotatable bonds is 3. The second-order valence-corrected chi connectivity index (χ2v) is 10.5. The van der Waals surface area contributed by atoms with Crippen molar-refractivity contribution in [2.24, 2.45) is 34.0 Å². The molecule has 3 rings (SSSR count). The lowest BCUT2D eigenvalue weighted by molar-refractivity contribution is -0.190. The van der Waals surface area contributed by atoms with Gasteiger partial charge in [0.2, 0.25) is 0 Å². The minimum Gasteiger partial charge on any atom is -0.393 e. The van der Waals surface area contributed by atoms with Crippen LogP contribution in [0.3, 0.4) is 0 Å². The number of ether oxygens (including phenoxy) is 1. The summed E-state index contributed by atoms with van der Waals surface area (Å²) in [6.45, 7) is 8.87. The summed E-state index contributed by atoms with van der Waals surface area (Å²) in [5, 5.41) is 11.5. The van der Waals surface area contributed by atoms with Gasteiger partial charge in [-0.25, -0.2) is 0 Å². The molecule has 0 spiro atoms. The third kappa shape index (κ3) is 2.57. The van der Waals surface area contributed by atoms with E-state index in [0.29, 0.717) is 18.1 Å². The van der Waals surface area contributed by atoms with E-state index in [2.05, 4.69) is 34.0 Å². The van der Waals surface area contributed by atoms with Crippen molar-refractivity contribution in [2.75, 3.05) is 19.1 Å². The highest BCUT2D eigenvalue weighted by Gasteiger charge is 2.67. The third-order valence-corrected chi connectivity index (χ3v) is 9.56. The summed E-state index contributed by atoms with van der Waals surface area (Å²) < 4.78 is 5.93. The van der Waals surface area contributed by atoms with Gasteiger partial charge in [-0.15, -0.1) is 0 Å². The lowest BCUT2D eigenvalue weighted by atomic mass is 9.44. The van der Waals surface area contributed by atoms with Gasteiger partial charge in [0.1, 0.15) is 5.78 Å². The van der Waals surface area contributed by atoms with Crippen LogP contribution in [0.1, 0.15) is 59.8 Å². The SMILES string of the molecule is CO[C@@H]1CC[C@@]23CC[C@@H](C)[C@@](C)([C@H](O)C[C@@](C)(CSC)C(=O)[C@@H]2C)[C@@H]13. The third-order valence-electron chi connectivity index (χ3n) is 8.64. The van der Waals surface area contributed by atoms with Crippen molar-refractivity contribution in [1.29, 1.82) is 0 Å². The maximum Gasteiger partial charge on any atom is 0.143 e. The highest BCUT2D eigenvalue weighted by atomic mass is 32.2. The molecule has 0 heterocycles. The molecular weight excluding hydrogens is 332 g/mol. The second-order valence-electron chi connectivity index (χ2n) is 9.63. The van der Waals surface area contributed by atoms with Gasteiger partial charge in [0.25, 0.3) is 0 Å². The Labute approximate surface area is 157 Å². The van der Waals surface area contributed by atoms with Gasteiger partial charge in [0.15, 0.2) is 0 Å². The van der Waals surface area contributed by atoms with Crippen LogP contribution in [0.2, 0.25) is 0 Å². The summed E-state index contributed by atoms with van der Waals surface area (Å²) in [4.78, 5) is 13.6. The molecule has 3 aliphatic rings. The summed E-state index contributed by atoms with van der Waals surface area (Å²) in [7, 11) is 1.81. The summed E-state index contributed by atoms with van der Waals surface area (Å²) >= 11 is 1.73. The molecule has 0 saturated heterocycles. The number of carbonyl (C=O) groups excluding carboxylic acids is 1. The van der Waals surface area contributed by atoms with Crippen molar-refractivity contribution in [2.45, 2.75) is 72.0 Å². The topological polar surface area (TPSA) is 46.5 Å². The molecule has 3 aliphatic carbocycles. The average molecular weight is 369 g/mol. The number of aliphatic hydroxyl groups is 1. The van der Waals surface area contributed by atoms with Gasteiger partial charge >= 0.3 is 0 Å². The number of carbonyl (C=O) groups is 1. The van der Waals surface area contributed by atoms with Crippen molar-refractivity contribution < 1.29 is 14.6 Å². The van der Waals surface area contributed by atoms with Gasteiger partial charge in [-0.1, -0.05) is 27.7 Å². The summed E-state index contributed by atoms with van der Waals surface area (Å²) in [6, 6.07) is 0. The number of thioether (sulfide) groups is 1. The van der Waals surface area contributed by atoms with E-state index in [1.165, 1.54) is 0 Å². The molecule has 2 bridgehead atoms. The maximum atomic E-state index is 13.6.